The van der Waals surface area contributed by atoms with Crippen LogP contribution in [0.2, 0.25) is 0 Å². The zero-order valence-electron chi connectivity index (χ0n) is 12.2. The smallest absolute Gasteiger partial charge is 0.236 e. The van der Waals surface area contributed by atoms with Crippen LogP contribution in [-0.4, -0.2) is 16.9 Å². The monoisotopic (exact) mass is 322 g/mol. The lowest BCUT2D eigenvalue weighted by molar-refractivity contribution is -0.117. The van der Waals surface area contributed by atoms with Crippen LogP contribution in [0.5, 0.6) is 5.75 Å². The van der Waals surface area contributed by atoms with Gasteiger partial charge in [0, 0.05) is 17.2 Å². The summed E-state index contributed by atoms with van der Waals surface area (Å²) in [5.74, 6) is 0.466. The molecule has 1 aromatic heterocycles. The predicted octanol–water partition coefficient (Wildman–Crippen LogP) is 3.92. The summed E-state index contributed by atoms with van der Waals surface area (Å²) < 4.78 is 9.98. The molecule has 4 rings (SSSR count). The second-order valence-electron chi connectivity index (χ2n) is 5.33. The third kappa shape index (κ3) is 2.71. The Morgan fingerprint density at radius 1 is 1.13 bits per heavy atom. The van der Waals surface area contributed by atoms with Crippen LogP contribution in [0.3, 0.4) is 0 Å². The number of hydrogen-bond acceptors (Lipinski definition) is 4. The molecule has 0 bridgehead atoms. The van der Waals surface area contributed by atoms with Crippen molar-refractivity contribution in [3.05, 3.63) is 66.2 Å². The van der Waals surface area contributed by atoms with Crippen LogP contribution in [0, 0.1) is 0 Å². The number of aromatic nitrogens is 1. The number of amides is 1. The highest BCUT2D eigenvalue weighted by molar-refractivity contribution is 7.10. The molecule has 0 aliphatic carbocycles. The van der Waals surface area contributed by atoms with Crippen LogP contribution in [0.25, 0.3) is 11.3 Å². The van der Waals surface area contributed by atoms with E-state index < -0.39 is 0 Å². The molecule has 5 heteroatoms. The number of anilines is 1. The maximum atomic E-state index is 12.5. The van der Waals surface area contributed by atoms with Gasteiger partial charge in [-0.2, -0.15) is 4.37 Å². The fourth-order valence-corrected chi connectivity index (χ4v) is 3.33. The van der Waals surface area contributed by atoms with E-state index in [1.165, 1.54) is 11.5 Å². The van der Waals surface area contributed by atoms with E-state index in [0.29, 0.717) is 6.61 Å². The van der Waals surface area contributed by atoms with Crippen molar-refractivity contribution in [2.45, 2.75) is 5.92 Å². The first-order valence-electron chi connectivity index (χ1n) is 7.36. The van der Waals surface area contributed by atoms with Crippen molar-refractivity contribution in [3.63, 3.8) is 0 Å². The Hall–Kier alpha value is -2.66. The molecule has 1 aliphatic heterocycles. The van der Waals surface area contributed by atoms with E-state index in [2.05, 4.69) is 9.69 Å². The molecule has 1 atom stereocenters. The molecule has 0 saturated heterocycles. The molecule has 0 radical (unpaired) electrons. The highest BCUT2D eigenvalue weighted by Gasteiger charge is 2.30. The SMILES string of the molecule is O=C(Nc1cc(-c2ccccc2)ns1)[C@@H]1COc2ccccc21. The number of nitrogens with zero attached hydrogens (tertiary/aromatic N) is 1. The molecule has 2 aromatic carbocycles. The van der Waals surface area contributed by atoms with Crippen LogP contribution in [0.4, 0.5) is 5.00 Å². The van der Waals surface area contributed by atoms with Gasteiger partial charge < -0.3 is 10.1 Å². The molecular weight excluding hydrogens is 308 g/mol. The molecule has 3 aromatic rings. The van der Waals surface area contributed by atoms with Gasteiger partial charge in [-0.3, -0.25) is 4.79 Å². The third-order valence-corrected chi connectivity index (χ3v) is 4.55. The van der Waals surface area contributed by atoms with E-state index in [0.717, 1.165) is 27.6 Å². The summed E-state index contributed by atoms with van der Waals surface area (Å²) in [5, 5.41) is 3.70. The topological polar surface area (TPSA) is 51.2 Å². The molecule has 0 unspecified atom stereocenters. The molecule has 0 spiro atoms. The van der Waals surface area contributed by atoms with Gasteiger partial charge in [0.25, 0.3) is 0 Å². The van der Waals surface area contributed by atoms with Crippen molar-refractivity contribution < 1.29 is 9.53 Å². The zero-order chi connectivity index (χ0) is 15.6. The largest absolute Gasteiger partial charge is 0.492 e. The first-order chi connectivity index (χ1) is 11.3. The molecule has 114 valence electrons. The average Bonchev–Trinajstić information content (AvgIpc) is 3.22. The van der Waals surface area contributed by atoms with Crippen LogP contribution in [0.1, 0.15) is 11.5 Å². The lowest BCUT2D eigenvalue weighted by atomic mass is 10.0. The van der Waals surface area contributed by atoms with Crippen LogP contribution < -0.4 is 10.1 Å². The molecule has 23 heavy (non-hydrogen) atoms. The highest BCUT2D eigenvalue weighted by Crippen LogP contribution is 2.34. The van der Waals surface area contributed by atoms with E-state index >= 15 is 0 Å². The predicted molar refractivity (Wildman–Crippen MR) is 90.9 cm³/mol. The standard InChI is InChI=1S/C18H14N2O2S/c21-18(14-11-22-16-9-5-4-8-13(14)16)19-17-10-15(20-23-17)12-6-2-1-3-7-12/h1-10,14H,11H2,(H,19,21)/t14-/m1/s1. The van der Waals surface area contributed by atoms with Gasteiger partial charge in [-0.05, 0) is 17.6 Å². The average molecular weight is 322 g/mol. The van der Waals surface area contributed by atoms with Crippen molar-refractivity contribution >= 4 is 22.4 Å². The van der Waals surface area contributed by atoms with E-state index in [1.807, 2.05) is 60.7 Å². The normalized spacial score (nSPS) is 15.7. The second kappa shape index (κ2) is 5.85. The number of benzene rings is 2. The van der Waals surface area contributed by atoms with Gasteiger partial charge in [0.1, 0.15) is 23.3 Å². The second-order valence-corrected chi connectivity index (χ2v) is 6.14. The number of nitrogens with one attached hydrogen (secondary N) is 1. The Balaban J connectivity index is 1.51. The molecular formula is C18H14N2O2S. The van der Waals surface area contributed by atoms with Crippen molar-refractivity contribution in [1.29, 1.82) is 0 Å². The summed E-state index contributed by atoms with van der Waals surface area (Å²) in [4.78, 5) is 12.5. The summed E-state index contributed by atoms with van der Waals surface area (Å²) >= 11 is 1.29. The summed E-state index contributed by atoms with van der Waals surface area (Å²) in [6.45, 7) is 0.384. The zero-order valence-corrected chi connectivity index (χ0v) is 13.0. The molecule has 4 nitrogen and oxygen atoms in total. The highest BCUT2D eigenvalue weighted by atomic mass is 32.1. The van der Waals surface area contributed by atoms with Gasteiger partial charge in [-0.25, -0.2) is 0 Å². The van der Waals surface area contributed by atoms with Crippen LogP contribution >= 0.6 is 11.5 Å². The minimum atomic E-state index is -0.270. The Morgan fingerprint density at radius 3 is 2.78 bits per heavy atom. The quantitative estimate of drug-likeness (QED) is 0.795. The van der Waals surface area contributed by atoms with Gasteiger partial charge in [0.15, 0.2) is 0 Å². The van der Waals surface area contributed by atoms with E-state index in [4.69, 9.17) is 4.74 Å². The van der Waals surface area contributed by atoms with E-state index in [1.54, 1.807) is 0 Å². The van der Waals surface area contributed by atoms with E-state index in [9.17, 15) is 4.79 Å². The molecule has 1 aliphatic rings. The number of fused-ring (bicyclic) bond motifs is 1. The van der Waals surface area contributed by atoms with Crippen molar-refractivity contribution in [2.24, 2.45) is 0 Å². The molecule has 1 amide bonds. The van der Waals surface area contributed by atoms with Gasteiger partial charge in [0.2, 0.25) is 5.91 Å². The minimum absolute atomic E-state index is 0.0572. The third-order valence-electron chi connectivity index (χ3n) is 3.84. The summed E-state index contributed by atoms with van der Waals surface area (Å²) in [6, 6.07) is 19.5. The lowest BCUT2D eigenvalue weighted by Gasteiger charge is -2.08. The number of carbonyl (C=O) groups is 1. The Kier molecular flexibility index (Phi) is 3.55. The number of hydrogen-bond donors (Lipinski definition) is 1. The Morgan fingerprint density at radius 2 is 1.91 bits per heavy atom. The molecule has 0 fully saturated rings. The van der Waals surface area contributed by atoms with E-state index in [-0.39, 0.29) is 11.8 Å². The van der Waals surface area contributed by atoms with Gasteiger partial charge in [-0.15, -0.1) is 0 Å². The summed E-state index contributed by atoms with van der Waals surface area (Å²) in [6.07, 6.45) is 0. The summed E-state index contributed by atoms with van der Waals surface area (Å²) in [5.41, 5.74) is 2.85. The first kappa shape index (κ1) is 14.0. The lowest BCUT2D eigenvalue weighted by Crippen LogP contribution is -2.21. The molecule has 2 heterocycles. The van der Waals surface area contributed by atoms with Gasteiger partial charge in [0.05, 0.1) is 5.69 Å². The van der Waals surface area contributed by atoms with Crippen molar-refractivity contribution in [3.8, 4) is 17.0 Å². The summed E-state index contributed by atoms with van der Waals surface area (Å²) in [7, 11) is 0. The maximum absolute atomic E-state index is 12.5. The number of ether oxygens (including phenoxy) is 1. The number of carbonyl (C=O) groups excluding carboxylic acids is 1. The van der Waals surface area contributed by atoms with Crippen LogP contribution in [0.15, 0.2) is 60.7 Å². The minimum Gasteiger partial charge on any atom is -0.492 e. The maximum Gasteiger partial charge on any atom is 0.236 e. The number of para-hydroxylation sites is 1. The fourth-order valence-electron chi connectivity index (χ4n) is 2.67. The molecule has 0 saturated carbocycles. The van der Waals surface area contributed by atoms with Gasteiger partial charge >= 0.3 is 0 Å². The van der Waals surface area contributed by atoms with Gasteiger partial charge in [-0.1, -0.05) is 48.5 Å². The first-order valence-corrected chi connectivity index (χ1v) is 8.13. The van der Waals surface area contributed by atoms with Crippen molar-refractivity contribution in [1.82, 2.24) is 4.37 Å². The Bertz CT molecular complexity index is 845. The number of rotatable bonds is 3. The Labute approximate surface area is 137 Å². The van der Waals surface area contributed by atoms with Crippen molar-refractivity contribution in [2.75, 3.05) is 11.9 Å². The fraction of sp³-hybridized carbons (Fsp3) is 0.111. The molecule has 1 N–H and O–H groups in total. The van der Waals surface area contributed by atoms with Crippen LogP contribution in [-0.2, 0) is 4.79 Å².